The van der Waals surface area contributed by atoms with Crippen LogP contribution >= 0.6 is 23.5 Å². The number of aliphatic hydroxyl groups excluding tert-OH is 1. The highest BCUT2D eigenvalue weighted by atomic mass is 32.2. The number of hydrogen-bond acceptors (Lipinski definition) is 5. The van der Waals surface area contributed by atoms with Gasteiger partial charge in [0.05, 0.1) is 10.7 Å². The minimum absolute atomic E-state index is 0.0470. The van der Waals surface area contributed by atoms with Gasteiger partial charge in [0.25, 0.3) is 5.91 Å². The Morgan fingerprint density at radius 2 is 1.79 bits per heavy atom. The van der Waals surface area contributed by atoms with Crippen LogP contribution in [0.25, 0.3) is 0 Å². The third kappa shape index (κ3) is 5.33. The van der Waals surface area contributed by atoms with Crippen LogP contribution in [0.1, 0.15) is 42.2 Å². The number of carbonyl (C=O) groups is 1. The smallest absolute Gasteiger partial charge is 0.258 e. The van der Waals surface area contributed by atoms with E-state index in [1.165, 1.54) is 23.5 Å². The Kier molecular flexibility index (Phi) is 6.75. The van der Waals surface area contributed by atoms with E-state index in [1.807, 2.05) is 35.7 Å². The summed E-state index contributed by atoms with van der Waals surface area (Å²) in [7, 11) is 0. The SMILES string of the molecule is O=C(COc1ccc(C2SCCCS2)cc1)NC1CCC(O)CC1. The molecule has 0 atom stereocenters. The van der Waals surface area contributed by atoms with Gasteiger partial charge in [-0.15, -0.1) is 23.5 Å². The van der Waals surface area contributed by atoms with Crippen LogP contribution in [0.15, 0.2) is 24.3 Å². The molecule has 1 aliphatic heterocycles. The van der Waals surface area contributed by atoms with Gasteiger partial charge in [0.2, 0.25) is 0 Å². The molecule has 1 saturated carbocycles. The van der Waals surface area contributed by atoms with Crippen molar-refractivity contribution in [3.05, 3.63) is 29.8 Å². The van der Waals surface area contributed by atoms with Gasteiger partial charge in [-0.2, -0.15) is 0 Å². The van der Waals surface area contributed by atoms with Gasteiger partial charge in [-0.05, 0) is 61.3 Å². The van der Waals surface area contributed by atoms with Crippen LogP contribution in [0, 0.1) is 0 Å². The summed E-state index contributed by atoms with van der Waals surface area (Å²) in [6.45, 7) is 0.0470. The first-order valence-electron chi connectivity index (χ1n) is 8.64. The second-order valence-corrected chi connectivity index (χ2v) is 9.08. The number of aliphatic hydroxyl groups is 1. The highest BCUT2D eigenvalue weighted by Gasteiger charge is 2.21. The lowest BCUT2D eigenvalue weighted by molar-refractivity contribution is -0.124. The highest BCUT2D eigenvalue weighted by Crippen LogP contribution is 2.43. The van der Waals surface area contributed by atoms with Crippen LogP contribution < -0.4 is 10.1 Å². The molecule has 0 spiro atoms. The Balaban J connectivity index is 1.41. The zero-order valence-electron chi connectivity index (χ0n) is 13.8. The number of benzene rings is 1. The van der Waals surface area contributed by atoms with Crippen molar-refractivity contribution in [3.63, 3.8) is 0 Å². The fraction of sp³-hybridized carbons (Fsp3) is 0.611. The van der Waals surface area contributed by atoms with Crippen LogP contribution in [0.4, 0.5) is 0 Å². The molecule has 3 rings (SSSR count). The molecule has 1 saturated heterocycles. The summed E-state index contributed by atoms with van der Waals surface area (Å²) in [4.78, 5) is 12.0. The van der Waals surface area contributed by atoms with Gasteiger partial charge in [0.15, 0.2) is 6.61 Å². The van der Waals surface area contributed by atoms with Gasteiger partial charge in [-0.3, -0.25) is 4.79 Å². The van der Waals surface area contributed by atoms with Crippen LogP contribution in [0.2, 0.25) is 0 Å². The summed E-state index contributed by atoms with van der Waals surface area (Å²) in [5, 5.41) is 12.5. The van der Waals surface area contributed by atoms with Gasteiger partial charge in [-0.1, -0.05) is 12.1 Å². The van der Waals surface area contributed by atoms with E-state index in [0.717, 1.165) is 31.4 Å². The van der Waals surface area contributed by atoms with E-state index in [-0.39, 0.29) is 24.7 Å². The predicted molar refractivity (Wildman–Crippen MR) is 101 cm³/mol. The molecule has 2 aliphatic rings. The fourth-order valence-corrected chi connectivity index (χ4v) is 5.93. The molecule has 0 bridgehead atoms. The third-order valence-corrected chi connectivity index (χ3v) is 7.43. The minimum Gasteiger partial charge on any atom is -0.484 e. The molecule has 6 heteroatoms. The first-order valence-corrected chi connectivity index (χ1v) is 10.7. The fourth-order valence-electron chi connectivity index (χ4n) is 3.04. The van der Waals surface area contributed by atoms with Crippen molar-refractivity contribution >= 4 is 29.4 Å². The lowest BCUT2D eigenvalue weighted by Crippen LogP contribution is -2.40. The zero-order valence-corrected chi connectivity index (χ0v) is 15.4. The molecule has 4 nitrogen and oxygen atoms in total. The largest absolute Gasteiger partial charge is 0.484 e. The van der Waals surface area contributed by atoms with Gasteiger partial charge >= 0.3 is 0 Å². The summed E-state index contributed by atoms with van der Waals surface area (Å²) in [6.07, 6.45) is 4.32. The van der Waals surface area contributed by atoms with Gasteiger partial charge < -0.3 is 15.2 Å². The number of amides is 1. The highest BCUT2D eigenvalue weighted by molar-refractivity contribution is 8.16. The van der Waals surface area contributed by atoms with Crippen molar-refractivity contribution in [3.8, 4) is 5.75 Å². The number of carbonyl (C=O) groups excluding carboxylic acids is 1. The molecule has 1 aromatic carbocycles. The second-order valence-electron chi connectivity index (χ2n) is 6.36. The van der Waals surface area contributed by atoms with E-state index in [2.05, 4.69) is 17.4 Å². The summed E-state index contributed by atoms with van der Waals surface area (Å²) in [5.74, 6) is 3.11. The molecule has 0 aromatic heterocycles. The summed E-state index contributed by atoms with van der Waals surface area (Å²) >= 11 is 4.00. The van der Waals surface area contributed by atoms with Crippen molar-refractivity contribution in [2.24, 2.45) is 0 Å². The van der Waals surface area contributed by atoms with E-state index in [1.54, 1.807) is 0 Å². The normalized spacial score (nSPS) is 25.2. The van der Waals surface area contributed by atoms with Crippen molar-refractivity contribution < 1.29 is 14.6 Å². The number of hydrogen-bond donors (Lipinski definition) is 2. The van der Waals surface area contributed by atoms with Gasteiger partial charge in [-0.25, -0.2) is 0 Å². The molecule has 1 aromatic rings. The lowest BCUT2D eigenvalue weighted by Gasteiger charge is -2.26. The molecule has 1 heterocycles. The Hall–Kier alpha value is -0.850. The average molecular weight is 368 g/mol. The van der Waals surface area contributed by atoms with Gasteiger partial charge in [0.1, 0.15) is 5.75 Å². The molecule has 0 radical (unpaired) electrons. The van der Waals surface area contributed by atoms with Crippen molar-refractivity contribution in [1.29, 1.82) is 0 Å². The maximum Gasteiger partial charge on any atom is 0.258 e. The van der Waals surface area contributed by atoms with Crippen molar-refractivity contribution in [1.82, 2.24) is 5.32 Å². The zero-order chi connectivity index (χ0) is 16.8. The molecular weight excluding hydrogens is 342 g/mol. The molecular formula is C18H25NO3S2. The van der Waals surface area contributed by atoms with E-state index in [9.17, 15) is 9.90 Å². The summed E-state index contributed by atoms with van der Waals surface area (Å²) < 4.78 is 6.12. The van der Waals surface area contributed by atoms with Crippen molar-refractivity contribution in [2.45, 2.75) is 48.8 Å². The van der Waals surface area contributed by atoms with E-state index < -0.39 is 0 Å². The number of rotatable bonds is 5. The Morgan fingerprint density at radius 1 is 1.12 bits per heavy atom. The van der Waals surface area contributed by atoms with Gasteiger partial charge in [0, 0.05) is 6.04 Å². The summed E-state index contributed by atoms with van der Waals surface area (Å²) in [6, 6.07) is 8.29. The third-order valence-electron chi connectivity index (χ3n) is 4.41. The molecule has 2 fully saturated rings. The Morgan fingerprint density at radius 3 is 2.46 bits per heavy atom. The average Bonchev–Trinajstić information content (AvgIpc) is 2.63. The first-order chi connectivity index (χ1) is 11.7. The predicted octanol–water partition coefficient (Wildman–Crippen LogP) is 3.35. The number of thioether (sulfide) groups is 2. The van der Waals surface area contributed by atoms with Crippen LogP contribution in [0.3, 0.4) is 0 Å². The Labute approximate surface area is 152 Å². The molecule has 0 unspecified atom stereocenters. The van der Waals surface area contributed by atoms with Crippen LogP contribution in [0.5, 0.6) is 5.75 Å². The molecule has 24 heavy (non-hydrogen) atoms. The maximum absolute atomic E-state index is 12.0. The molecule has 1 aliphatic carbocycles. The summed E-state index contributed by atoms with van der Waals surface area (Å²) in [5.41, 5.74) is 1.32. The van der Waals surface area contributed by atoms with E-state index in [4.69, 9.17) is 4.74 Å². The monoisotopic (exact) mass is 367 g/mol. The van der Waals surface area contributed by atoms with Crippen molar-refractivity contribution in [2.75, 3.05) is 18.1 Å². The van der Waals surface area contributed by atoms with Crippen LogP contribution in [-0.4, -0.2) is 41.3 Å². The topological polar surface area (TPSA) is 58.6 Å². The molecule has 1 amide bonds. The van der Waals surface area contributed by atoms with E-state index in [0.29, 0.717) is 4.58 Å². The maximum atomic E-state index is 12.0. The number of nitrogens with one attached hydrogen (secondary N) is 1. The first kappa shape index (κ1) is 18.0. The second kappa shape index (κ2) is 9.02. The molecule has 132 valence electrons. The molecule has 2 N–H and O–H groups in total. The standard InChI is InChI=1S/C18H25NO3S2/c20-15-6-4-14(5-7-15)19-17(21)12-22-16-8-2-13(3-9-16)18-23-10-1-11-24-18/h2-3,8-9,14-15,18,20H,1,4-7,10-12H2,(H,19,21). The quantitative estimate of drug-likeness (QED) is 0.836. The minimum atomic E-state index is -0.201. The number of ether oxygens (including phenoxy) is 1. The van der Waals surface area contributed by atoms with E-state index >= 15 is 0 Å². The Bertz CT molecular complexity index is 524. The van der Waals surface area contributed by atoms with Crippen LogP contribution in [-0.2, 0) is 4.79 Å². The lowest BCUT2D eigenvalue weighted by atomic mass is 9.93.